The van der Waals surface area contributed by atoms with Crippen LogP contribution in [0.4, 0.5) is 4.39 Å². The fraction of sp³-hybridized carbons (Fsp3) is 0.100. The van der Waals surface area contributed by atoms with Crippen molar-refractivity contribution in [1.82, 2.24) is 4.98 Å². The van der Waals surface area contributed by atoms with E-state index >= 15 is 0 Å². The fourth-order valence-corrected chi connectivity index (χ4v) is 2.13. The van der Waals surface area contributed by atoms with E-state index in [1.165, 1.54) is 30.5 Å². The van der Waals surface area contributed by atoms with E-state index in [9.17, 15) is 9.18 Å². The summed E-state index contributed by atoms with van der Waals surface area (Å²) in [6.45, 7) is 0.183. The summed E-state index contributed by atoms with van der Waals surface area (Å²) in [6, 6.07) is 17.8. The summed E-state index contributed by atoms with van der Waals surface area (Å²) in [6.07, 6.45) is 1.53. The Balaban J connectivity index is 1.55. The number of rotatable bonds is 7. The molecule has 1 heterocycles. The molecule has 0 N–H and O–H groups in total. The minimum Gasteiger partial charge on any atom is -0.490 e. The molecule has 3 rings (SSSR count). The SMILES string of the molecule is O=C(OCCOc1ccc(F)cc1)c1cccnc1Oc1ccccc1. The summed E-state index contributed by atoms with van der Waals surface area (Å²) >= 11 is 0. The first-order chi connectivity index (χ1) is 12.7. The van der Waals surface area contributed by atoms with E-state index in [-0.39, 0.29) is 30.5 Å². The number of para-hydroxylation sites is 1. The second-order valence-corrected chi connectivity index (χ2v) is 5.21. The van der Waals surface area contributed by atoms with E-state index in [1.807, 2.05) is 18.2 Å². The standard InChI is InChI=1S/C20H16FNO4/c21-15-8-10-16(11-9-15)24-13-14-25-20(23)18-7-4-12-22-19(18)26-17-5-2-1-3-6-17/h1-12H,13-14H2. The number of carbonyl (C=O) groups excluding carboxylic acids is 1. The Bertz CT molecular complexity index is 853. The summed E-state index contributed by atoms with van der Waals surface area (Å²) in [4.78, 5) is 16.4. The van der Waals surface area contributed by atoms with E-state index in [1.54, 1.807) is 24.3 Å². The third-order valence-corrected chi connectivity index (χ3v) is 3.35. The van der Waals surface area contributed by atoms with Gasteiger partial charge in [-0.2, -0.15) is 0 Å². The van der Waals surface area contributed by atoms with Crippen LogP contribution >= 0.6 is 0 Å². The Morgan fingerprint density at radius 1 is 0.885 bits per heavy atom. The highest BCUT2D eigenvalue weighted by atomic mass is 19.1. The Labute approximate surface area is 150 Å². The van der Waals surface area contributed by atoms with Gasteiger partial charge >= 0.3 is 5.97 Å². The molecule has 0 atom stereocenters. The molecule has 0 aliphatic rings. The Morgan fingerprint density at radius 3 is 2.42 bits per heavy atom. The van der Waals surface area contributed by atoms with Gasteiger partial charge in [0.15, 0.2) is 0 Å². The van der Waals surface area contributed by atoms with Crippen molar-refractivity contribution in [2.45, 2.75) is 0 Å². The number of ether oxygens (including phenoxy) is 3. The van der Waals surface area contributed by atoms with Gasteiger partial charge < -0.3 is 14.2 Å². The lowest BCUT2D eigenvalue weighted by Crippen LogP contribution is -2.13. The molecule has 132 valence electrons. The largest absolute Gasteiger partial charge is 0.490 e. The topological polar surface area (TPSA) is 57.7 Å². The van der Waals surface area contributed by atoms with Crippen molar-refractivity contribution in [3.05, 3.63) is 84.3 Å². The highest BCUT2D eigenvalue weighted by Crippen LogP contribution is 2.23. The average molecular weight is 353 g/mol. The van der Waals surface area contributed by atoms with Crippen molar-refractivity contribution in [2.75, 3.05) is 13.2 Å². The van der Waals surface area contributed by atoms with Crippen LogP contribution in [-0.4, -0.2) is 24.2 Å². The number of halogens is 1. The third-order valence-electron chi connectivity index (χ3n) is 3.35. The normalized spacial score (nSPS) is 10.2. The van der Waals surface area contributed by atoms with E-state index in [0.717, 1.165) is 0 Å². The summed E-state index contributed by atoms with van der Waals surface area (Å²) in [5, 5.41) is 0. The Morgan fingerprint density at radius 2 is 1.65 bits per heavy atom. The van der Waals surface area contributed by atoms with Crippen LogP contribution in [0.1, 0.15) is 10.4 Å². The Kier molecular flexibility index (Phi) is 5.77. The third kappa shape index (κ3) is 4.80. The van der Waals surface area contributed by atoms with Crippen molar-refractivity contribution in [3.8, 4) is 17.4 Å². The lowest BCUT2D eigenvalue weighted by Gasteiger charge is -2.10. The van der Waals surface area contributed by atoms with Gasteiger partial charge in [0, 0.05) is 6.20 Å². The van der Waals surface area contributed by atoms with Gasteiger partial charge in [0.05, 0.1) is 0 Å². The van der Waals surface area contributed by atoms with Gasteiger partial charge in [-0.3, -0.25) is 0 Å². The molecule has 0 bridgehead atoms. The molecule has 1 aromatic heterocycles. The van der Waals surface area contributed by atoms with Crippen LogP contribution in [0.15, 0.2) is 72.9 Å². The van der Waals surface area contributed by atoms with Crippen molar-refractivity contribution in [1.29, 1.82) is 0 Å². The molecule has 2 aromatic carbocycles. The van der Waals surface area contributed by atoms with Gasteiger partial charge in [-0.05, 0) is 48.5 Å². The minimum atomic E-state index is -0.563. The van der Waals surface area contributed by atoms with Gasteiger partial charge in [-0.1, -0.05) is 18.2 Å². The van der Waals surface area contributed by atoms with Gasteiger partial charge in [0.25, 0.3) is 0 Å². The number of benzene rings is 2. The molecule has 0 spiro atoms. The number of carbonyl (C=O) groups is 1. The quantitative estimate of drug-likeness (QED) is 0.469. The highest BCUT2D eigenvalue weighted by Gasteiger charge is 2.15. The lowest BCUT2D eigenvalue weighted by molar-refractivity contribution is 0.0447. The van der Waals surface area contributed by atoms with Gasteiger partial charge in [-0.25, -0.2) is 14.2 Å². The molecule has 0 saturated carbocycles. The van der Waals surface area contributed by atoms with Crippen LogP contribution in [0.5, 0.6) is 17.4 Å². The first-order valence-electron chi connectivity index (χ1n) is 7.96. The predicted octanol–water partition coefficient (Wildman–Crippen LogP) is 4.25. The number of pyridine rings is 1. The summed E-state index contributed by atoms with van der Waals surface area (Å²) < 4.78 is 29.0. The average Bonchev–Trinajstić information content (AvgIpc) is 2.68. The molecule has 0 aliphatic carbocycles. The molecule has 3 aromatic rings. The maximum Gasteiger partial charge on any atom is 0.343 e. The second-order valence-electron chi connectivity index (χ2n) is 5.21. The molecule has 0 aliphatic heterocycles. The zero-order valence-corrected chi connectivity index (χ0v) is 13.8. The van der Waals surface area contributed by atoms with E-state index < -0.39 is 5.97 Å². The zero-order valence-electron chi connectivity index (χ0n) is 13.8. The number of hydrogen-bond donors (Lipinski definition) is 0. The number of aromatic nitrogens is 1. The van der Waals surface area contributed by atoms with Gasteiger partial charge in [-0.15, -0.1) is 0 Å². The smallest absolute Gasteiger partial charge is 0.343 e. The number of nitrogens with zero attached hydrogens (tertiary/aromatic N) is 1. The summed E-state index contributed by atoms with van der Waals surface area (Å²) in [7, 11) is 0. The van der Waals surface area contributed by atoms with Crippen LogP contribution < -0.4 is 9.47 Å². The van der Waals surface area contributed by atoms with Crippen LogP contribution in [0.2, 0.25) is 0 Å². The van der Waals surface area contributed by atoms with Gasteiger partial charge in [0.2, 0.25) is 5.88 Å². The first-order valence-corrected chi connectivity index (χ1v) is 7.96. The molecule has 0 saturated heterocycles. The molecule has 6 heteroatoms. The summed E-state index contributed by atoms with van der Waals surface area (Å²) in [5.41, 5.74) is 0.220. The van der Waals surface area contributed by atoms with Crippen molar-refractivity contribution < 1.29 is 23.4 Å². The summed E-state index contributed by atoms with van der Waals surface area (Å²) in [5.74, 6) is 0.331. The molecule has 0 amide bonds. The molecule has 26 heavy (non-hydrogen) atoms. The van der Waals surface area contributed by atoms with Crippen molar-refractivity contribution in [3.63, 3.8) is 0 Å². The van der Waals surface area contributed by atoms with Crippen LogP contribution in [-0.2, 0) is 4.74 Å². The van der Waals surface area contributed by atoms with Crippen LogP contribution in [0, 0.1) is 5.82 Å². The molecule has 5 nitrogen and oxygen atoms in total. The van der Waals surface area contributed by atoms with Crippen LogP contribution in [0.3, 0.4) is 0 Å². The van der Waals surface area contributed by atoms with Crippen LogP contribution in [0.25, 0.3) is 0 Å². The first kappa shape index (κ1) is 17.4. The number of esters is 1. The van der Waals surface area contributed by atoms with E-state index in [0.29, 0.717) is 11.5 Å². The minimum absolute atomic E-state index is 0.0376. The second kappa shape index (κ2) is 8.62. The predicted molar refractivity (Wildman–Crippen MR) is 92.9 cm³/mol. The monoisotopic (exact) mass is 353 g/mol. The molecular formula is C20H16FNO4. The molecule has 0 unspecified atom stereocenters. The fourth-order valence-electron chi connectivity index (χ4n) is 2.13. The number of hydrogen-bond acceptors (Lipinski definition) is 5. The maximum absolute atomic E-state index is 12.8. The lowest BCUT2D eigenvalue weighted by atomic mass is 10.2. The highest BCUT2D eigenvalue weighted by molar-refractivity contribution is 5.91. The zero-order chi connectivity index (χ0) is 18.2. The van der Waals surface area contributed by atoms with Gasteiger partial charge in [0.1, 0.15) is 36.1 Å². The van der Waals surface area contributed by atoms with E-state index in [4.69, 9.17) is 14.2 Å². The maximum atomic E-state index is 12.8. The van der Waals surface area contributed by atoms with Crippen molar-refractivity contribution >= 4 is 5.97 Å². The molecule has 0 fully saturated rings. The van der Waals surface area contributed by atoms with E-state index in [2.05, 4.69) is 4.98 Å². The van der Waals surface area contributed by atoms with Crippen molar-refractivity contribution in [2.24, 2.45) is 0 Å². The Hall–Kier alpha value is -3.41. The molecular weight excluding hydrogens is 337 g/mol. The molecule has 0 radical (unpaired) electrons.